The maximum Gasteiger partial charge on any atom is 0.244 e. The molecule has 1 aliphatic rings. The molecule has 1 aliphatic carbocycles. The number of hydrogen-bond donors (Lipinski definition) is 2. The van der Waals surface area contributed by atoms with E-state index in [2.05, 4.69) is 16.0 Å². The third-order valence-electron chi connectivity index (χ3n) is 3.89. The fourth-order valence-electron chi connectivity index (χ4n) is 2.57. The van der Waals surface area contributed by atoms with Gasteiger partial charge in [-0.2, -0.15) is 11.8 Å². The number of nitrogen functional groups attached to an aromatic ring is 1. The van der Waals surface area contributed by atoms with Gasteiger partial charge in [-0.15, -0.1) is 0 Å². The average molecular weight is 315 g/mol. The fourth-order valence-corrected chi connectivity index (χ4v) is 4.77. The third kappa shape index (κ3) is 3.45. The molecule has 0 saturated heterocycles. The van der Waals surface area contributed by atoms with Crippen LogP contribution in [0, 0.1) is 0 Å². The average Bonchev–Trinajstić information content (AvgIpc) is 2.47. The van der Waals surface area contributed by atoms with Gasteiger partial charge in [0.2, 0.25) is 10.0 Å². The largest absolute Gasteiger partial charge is 0.398 e. The van der Waals surface area contributed by atoms with Crippen molar-refractivity contribution in [1.29, 1.82) is 0 Å². The van der Waals surface area contributed by atoms with E-state index < -0.39 is 10.0 Å². The number of hydrogen-bond acceptors (Lipinski definition) is 5. The molecule has 1 saturated carbocycles. The molecule has 3 N–H and O–H groups in total. The summed E-state index contributed by atoms with van der Waals surface area (Å²) in [4.78, 5) is 3.90. The molecule has 1 aromatic heterocycles. The Morgan fingerprint density at radius 3 is 2.70 bits per heavy atom. The number of sulfonamides is 1. The summed E-state index contributed by atoms with van der Waals surface area (Å²) in [6, 6.07) is 1.50. The molecule has 0 bridgehead atoms. The van der Waals surface area contributed by atoms with Crippen LogP contribution in [0.15, 0.2) is 23.4 Å². The Balaban J connectivity index is 2.11. The quantitative estimate of drug-likeness (QED) is 0.868. The summed E-state index contributed by atoms with van der Waals surface area (Å²) in [6.45, 7) is 0.449. The van der Waals surface area contributed by atoms with Gasteiger partial charge in [0.15, 0.2) is 0 Å². The van der Waals surface area contributed by atoms with Crippen molar-refractivity contribution in [3.8, 4) is 0 Å². The van der Waals surface area contributed by atoms with Crippen molar-refractivity contribution in [2.45, 2.75) is 41.7 Å². The van der Waals surface area contributed by atoms with Gasteiger partial charge in [0.25, 0.3) is 0 Å². The van der Waals surface area contributed by atoms with Crippen molar-refractivity contribution in [2.24, 2.45) is 0 Å². The smallest absolute Gasteiger partial charge is 0.244 e. The monoisotopic (exact) mass is 315 g/mol. The van der Waals surface area contributed by atoms with Gasteiger partial charge in [-0.1, -0.05) is 19.3 Å². The minimum Gasteiger partial charge on any atom is -0.398 e. The number of rotatable bonds is 5. The van der Waals surface area contributed by atoms with E-state index in [1.54, 1.807) is 11.8 Å². The minimum absolute atomic E-state index is 0.0162. The second-order valence-corrected chi connectivity index (χ2v) is 8.20. The maximum absolute atomic E-state index is 12.3. The molecule has 1 heterocycles. The molecule has 0 atom stereocenters. The Labute approximate surface area is 124 Å². The van der Waals surface area contributed by atoms with Crippen LogP contribution in [-0.4, -0.2) is 30.9 Å². The van der Waals surface area contributed by atoms with E-state index in [-0.39, 0.29) is 15.3 Å². The normalized spacial score (nSPS) is 18.9. The van der Waals surface area contributed by atoms with Crippen molar-refractivity contribution in [3.05, 3.63) is 18.5 Å². The van der Waals surface area contributed by atoms with Crippen molar-refractivity contribution in [2.75, 3.05) is 18.5 Å². The lowest BCUT2D eigenvalue weighted by atomic mass is 9.88. The molecular formula is C13H21N3O2S2. The van der Waals surface area contributed by atoms with Crippen LogP contribution >= 0.6 is 11.8 Å². The van der Waals surface area contributed by atoms with Gasteiger partial charge in [-0.05, 0) is 25.2 Å². The molecule has 7 heteroatoms. The van der Waals surface area contributed by atoms with E-state index in [4.69, 9.17) is 5.73 Å². The predicted molar refractivity (Wildman–Crippen MR) is 83.2 cm³/mol. The number of thioether (sulfide) groups is 1. The number of nitrogens with two attached hydrogens (primary N) is 1. The Bertz CT molecular complexity index is 554. The van der Waals surface area contributed by atoms with Crippen molar-refractivity contribution >= 4 is 27.5 Å². The number of aromatic nitrogens is 1. The van der Waals surface area contributed by atoms with E-state index in [9.17, 15) is 8.42 Å². The topological polar surface area (TPSA) is 85.1 Å². The fraction of sp³-hybridized carbons (Fsp3) is 0.615. The van der Waals surface area contributed by atoms with Gasteiger partial charge in [0, 0.05) is 23.7 Å². The number of pyridine rings is 1. The standard InChI is InChI=1S/C13H21N3O2S2/c1-19-13(6-3-2-4-7-13)10-16-20(17,18)12-9-15-8-5-11(12)14/h5,8-9,16H,2-4,6-7,10H2,1H3,(H2,14,15). The van der Waals surface area contributed by atoms with Crippen LogP contribution in [0.5, 0.6) is 0 Å². The number of nitrogens with one attached hydrogen (secondary N) is 1. The van der Waals surface area contributed by atoms with Crippen LogP contribution in [-0.2, 0) is 10.0 Å². The van der Waals surface area contributed by atoms with Crippen LogP contribution < -0.4 is 10.5 Å². The van der Waals surface area contributed by atoms with E-state index in [1.807, 2.05) is 0 Å². The molecule has 1 aromatic rings. The molecule has 0 aliphatic heterocycles. The molecular weight excluding hydrogens is 294 g/mol. The summed E-state index contributed by atoms with van der Waals surface area (Å²) in [6.07, 6.45) is 10.5. The summed E-state index contributed by atoms with van der Waals surface area (Å²) in [5, 5.41) is 0. The first-order chi connectivity index (χ1) is 9.49. The van der Waals surface area contributed by atoms with Gasteiger partial charge >= 0.3 is 0 Å². The van der Waals surface area contributed by atoms with Crippen LogP contribution in [0.25, 0.3) is 0 Å². The third-order valence-corrected chi connectivity index (χ3v) is 6.75. The zero-order chi connectivity index (χ0) is 14.6. The van der Waals surface area contributed by atoms with Crippen molar-refractivity contribution in [1.82, 2.24) is 9.71 Å². The van der Waals surface area contributed by atoms with E-state index in [0.717, 1.165) is 25.7 Å². The molecule has 0 aromatic carbocycles. The van der Waals surface area contributed by atoms with Crippen molar-refractivity contribution < 1.29 is 8.42 Å². The van der Waals surface area contributed by atoms with Crippen LogP contribution in [0.3, 0.4) is 0 Å². The Morgan fingerprint density at radius 2 is 2.10 bits per heavy atom. The highest BCUT2D eigenvalue weighted by Crippen LogP contribution is 2.38. The van der Waals surface area contributed by atoms with Gasteiger partial charge in [0.05, 0.1) is 5.69 Å². The first-order valence-corrected chi connectivity index (χ1v) is 9.44. The summed E-state index contributed by atoms with van der Waals surface area (Å²) in [5.74, 6) is 0. The second kappa shape index (κ2) is 6.32. The lowest BCUT2D eigenvalue weighted by molar-refractivity contribution is 0.395. The van der Waals surface area contributed by atoms with E-state index in [1.165, 1.54) is 24.9 Å². The molecule has 0 spiro atoms. The van der Waals surface area contributed by atoms with Gasteiger partial charge in [-0.25, -0.2) is 13.1 Å². The lowest BCUT2D eigenvalue weighted by Gasteiger charge is -2.35. The molecule has 0 amide bonds. The molecule has 1 fully saturated rings. The van der Waals surface area contributed by atoms with Gasteiger partial charge in [-0.3, -0.25) is 4.98 Å². The lowest BCUT2D eigenvalue weighted by Crippen LogP contribution is -2.41. The Hall–Kier alpha value is -0.790. The molecule has 20 heavy (non-hydrogen) atoms. The summed E-state index contributed by atoms with van der Waals surface area (Å²) in [5.41, 5.74) is 5.95. The first-order valence-electron chi connectivity index (χ1n) is 6.73. The van der Waals surface area contributed by atoms with Gasteiger partial charge < -0.3 is 5.73 Å². The molecule has 0 unspecified atom stereocenters. The van der Waals surface area contributed by atoms with Gasteiger partial charge in [0.1, 0.15) is 4.90 Å². The highest BCUT2D eigenvalue weighted by molar-refractivity contribution is 8.00. The highest BCUT2D eigenvalue weighted by Gasteiger charge is 2.33. The van der Waals surface area contributed by atoms with Crippen LogP contribution in [0.1, 0.15) is 32.1 Å². The predicted octanol–water partition coefficient (Wildman–Crippen LogP) is 2.01. The molecule has 2 rings (SSSR count). The SMILES string of the molecule is CSC1(CNS(=O)(=O)c2cnccc2N)CCCCC1. The minimum atomic E-state index is -3.59. The number of nitrogens with zero attached hydrogens (tertiary/aromatic N) is 1. The van der Waals surface area contributed by atoms with E-state index >= 15 is 0 Å². The van der Waals surface area contributed by atoms with Crippen molar-refractivity contribution in [3.63, 3.8) is 0 Å². The highest BCUT2D eigenvalue weighted by atomic mass is 32.2. The number of anilines is 1. The summed E-state index contributed by atoms with van der Waals surface area (Å²) >= 11 is 1.76. The zero-order valence-electron chi connectivity index (χ0n) is 11.6. The molecule has 112 valence electrons. The Kier molecular flexibility index (Phi) is 4.93. The summed E-state index contributed by atoms with van der Waals surface area (Å²) in [7, 11) is -3.59. The van der Waals surface area contributed by atoms with Crippen LogP contribution in [0.4, 0.5) is 5.69 Å². The zero-order valence-corrected chi connectivity index (χ0v) is 13.3. The first kappa shape index (κ1) is 15.6. The summed E-state index contributed by atoms with van der Waals surface area (Å²) < 4.78 is 27.4. The van der Waals surface area contributed by atoms with E-state index in [0.29, 0.717) is 6.54 Å². The maximum atomic E-state index is 12.3. The molecule has 0 radical (unpaired) electrons. The Morgan fingerprint density at radius 1 is 1.40 bits per heavy atom. The second-order valence-electron chi connectivity index (χ2n) is 5.19. The molecule has 5 nitrogen and oxygen atoms in total. The van der Waals surface area contributed by atoms with Crippen LogP contribution in [0.2, 0.25) is 0 Å².